The van der Waals surface area contributed by atoms with E-state index in [1.165, 1.54) is 0 Å². The summed E-state index contributed by atoms with van der Waals surface area (Å²) in [4.78, 5) is 19.1. The topological polar surface area (TPSA) is 55.3 Å². The molecule has 9 heavy (non-hydrogen) atoms. The van der Waals surface area contributed by atoms with Crippen molar-refractivity contribution in [1.29, 1.82) is 0 Å². The minimum atomic E-state index is -2.61. The van der Waals surface area contributed by atoms with Gasteiger partial charge in [0.1, 0.15) is 0 Å². The predicted octanol–water partition coefficient (Wildman–Crippen LogP) is -6.63. The van der Waals surface area contributed by atoms with Crippen LogP contribution < -0.4 is 68.9 Å². The summed E-state index contributed by atoms with van der Waals surface area (Å²) in [5.41, 5.74) is 0. The van der Waals surface area contributed by atoms with E-state index in [0.717, 1.165) is 6.42 Å². The van der Waals surface area contributed by atoms with Crippen molar-refractivity contribution in [3.63, 3.8) is 0 Å². The standard InChI is InChI=1S/C3H7O3P.2Na/c1-2-3-6-7(4)5;;/h2-3H2,1H3;;/q-2;2*+1. The Kier molecular flexibility index (Phi) is 25.0. The molecule has 0 unspecified atom stereocenters. The first-order valence-electron chi connectivity index (χ1n) is 2.04. The summed E-state index contributed by atoms with van der Waals surface area (Å²) in [6.45, 7) is 2.15. The molecule has 0 heterocycles. The van der Waals surface area contributed by atoms with Crippen LogP contribution in [0, 0.1) is 0 Å². The molecule has 0 amide bonds. The van der Waals surface area contributed by atoms with Gasteiger partial charge in [-0.1, -0.05) is 6.92 Å². The van der Waals surface area contributed by atoms with E-state index in [1.54, 1.807) is 0 Å². The van der Waals surface area contributed by atoms with Crippen molar-refractivity contribution in [2.75, 3.05) is 6.61 Å². The average molecular weight is 168 g/mol. The van der Waals surface area contributed by atoms with Crippen molar-refractivity contribution >= 4 is 8.60 Å². The summed E-state index contributed by atoms with van der Waals surface area (Å²) < 4.78 is 4.14. The Bertz CT molecular complexity index is 46.0. The number of rotatable bonds is 3. The minimum absolute atomic E-state index is 0. The molecule has 0 aliphatic carbocycles. The van der Waals surface area contributed by atoms with Crippen LogP contribution in [-0.4, -0.2) is 6.61 Å². The van der Waals surface area contributed by atoms with Gasteiger partial charge in [0.2, 0.25) is 0 Å². The Balaban J connectivity index is -0.000000180. The molecule has 0 fully saturated rings. The first-order chi connectivity index (χ1) is 3.27. The van der Waals surface area contributed by atoms with Crippen molar-refractivity contribution in [2.45, 2.75) is 13.3 Å². The molecule has 0 saturated carbocycles. The van der Waals surface area contributed by atoms with Crippen LogP contribution in [-0.2, 0) is 4.52 Å². The molecule has 0 atom stereocenters. The van der Waals surface area contributed by atoms with Crippen molar-refractivity contribution in [3.8, 4) is 0 Å². The SMILES string of the molecule is CCCOP([O-])[O-].[Na+].[Na+]. The van der Waals surface area contributed by atoms with Gasteiger partial charge in [0, 0.05) is 6.61 Å². The smallest absolute Gasteiger partial charge is 0.820 e. The average Bonchev–Trinajstić information content (AvgIpc) is 1.61. The van der Waals surface area contributed by atoms with Crippen LogP contribution in [0.2, 0.25) is 0 Å². The monoisotopic (exact) mass is 168 g/mol. The Morgan fingerprint density at radius 1 is 1.33 bits per heavy atom. The van der Waals surface area contributed by atoms with Gasteiger partial charge in [-0.3, -0.25) is 0 Å². The van der Waals surface area contributed by atoms with Crippen LogP contribution >= 0.6 is 8.60 Å². The van der Waals surface area contributed by atoms with Gasteiger partial charge in [0.25, 0.3) is 0 Å². The fourth-order valence-electron chi connectivity index (χ4n) is 0.166. The van der Waals surface area contributed by atoms with E-state index in [9.17, 15) is 9.79 Å². The zero-order valence-corrected chi connectivity index (χ0v) is 11.0. The fraction of sp³-hybridized carbons (Fsp3) is 1.00. The quantitative estimate of drug-likeness (QED) is 0.311. The third kappa shape index (κ3) is 17.9. The Morgan fingerprint density at radius 3 is 1.89 bits per heavy atom. The second-order valence-electron chi connectivity index (χ2n) is 1.06. The van der Waals surface area contributed by atoms with Gasteiger partial charge < -0.3 is 14.3 Å². The Morgan fingerprint density at radius 2 is 1.78 bits per heavy atom. The first kappa shape index (κ1) is 17.4. The fourth-order valence-corrected chi connectivity index (χ4v) is 0.497. The molecule has 6 heteroatoms. The van der Waals surface area contributed by atoms with E-state index in [-0.39, 0.29) is 59.1 Å². The summed E-state index contributed by atoms with van der Waals surface area (Å²) in [6, 6.07) is 0. The van der Waals surface area contributed by atoms with E-state index in [2.05, 4.69) is 4.52 Å². The molecule has 0 aliphatic rings. The Labute approximate surface area is 101 Å². The summed E-state index contributed by atoms with van der Waals surface area (Å²) in [5, 5.41) is 0. The molecule has 44 valence electrons. The second-order valence-corrected chi connectivity index (χ2v) is 1.76. The largest absolute Gasteiger partial charge is 1.00 e. The van der Waals surface area contributed by atoms with Crippen LogP contribution in [0.1, 0.15) is 13.3 Å². The molecular weight excluding hydrogens is 161 g/mol. The summed E-state index contributed by atoms with van der Waals surface area (Å²) in [5.74, 6) is 0. The maximum atomic E-state index is 9.57. The van der Waals surface area contributed by atoms with E-state index < -0.39 is 8.60 Å². The zero-order valence-electron chi connectivity index (χ0n) is 6.09. The van der Waals surface area contributed by atoms with Crippen LogP contribution in [0.5, 0.6) is 0 Å². The molecule has 0 spiro atoms. The van der Waals surface area contributed by atoms with Gasteiger partial charge in [0.15, 0.2) is 0 Å². The minimum Gasteiger partial charge on any atom is -0.820 e. The summed E-state index contributed by atoms with van der Waals surface area (Å²) in [6.07, 6.45) is 0.739. The molecule has 0 saturated heterocycles. The van der Waals surface area contributed by atoms with Crippen LogP contribution in [0.15, 0.2) is 0 Å². The maximum absolute atomic E-state index is 9.57. The van der Waals surface area contributed by atoms with Gasteiger partial charge in [-0.05, 0) is 6.42 Å². The third-order valence-electron chi connectivity index (χ3n) is 0.401. The molecule has 0 radical (unpaired) electrons. The van der Waals surface area contributed by atoms with Crippen LogP contribution in [0.4, 0.5) is 0 Å². The molecule has 0 aromatic carbocycles. The van der Waals surface area contributed by atoms with E-state index >= 15 is 0 Å². The van der Waals surface area contributed by atoms with Crippen molar-refractivity contribution < 1.29 is 73.4 Å². The summed E-state index contributed by atoms with van der Waals surface area (Å²) in [7, 11) is -2.61. The molecular formula is C3H7Na2O3P. The van der Waals surface area contributed by atoms with Gasteiger partial charge in [0.05, 0.1) is 0 Å². The van der Waals surface area contributed by atoms with E-state index in [1.807, 2.05) is 6.92 Å². The number of hydrogen-bond acceptors (Lipinski definition) is 3. The number of hydrogen-bond donors (Lipinski definition) is 0. The van der Waals surface area contributed by atoms with Crippen molar-refractivity contribution in [2.24, 2.45) is 0 Å². The molecule has 0 aromatic heterocycles. The van der Waals surface area contributed by atoms with E-state index in [0.29, 0.717) is 6.61 Å². The third-order valence-corrected chi connectivity index (χ3v) is 0.794. The normalized spacial score (nSPS) is 8.00. The maximum Gasteiger partial charge on any atom is 1.00 e. The van der Waals surface area contributed by atoms with Crippen LogP contribution in [0.3, 0.4) is 0 Å². The Hall–Kier alpha value is 2.31. The molecule has 0 aromatic rings. The molecule has 0 N–H and O–H groups in total. The van der Waals surface area contributed by atoms with Crippen molar-refractivity contribution in [1.82, 2.24) is 0 Å². The van der Waals surface area contributed by atoms with Crippen LogP contribution in [0.25, 0.3) is 0 Å². The van der Waals surface area contributed by atoms with Gasteiger partial charge in [-0.2, -0.15) is 8.60 Å². The summed E-state index contributed by atoms with van der Waals surface area (Å²) >= 11 is 0. The molecule has 0 rings (SSSR count). The second kappa shape index (κ2) is 12.9. The molecule has 3 nitrogen and oxygen atoms in total. The van der Waals surface area contributed by atoms with Gasteiger partial charge in [-0.25, -0.2) is 0 Å². The van der Waals surface area contributed by atoms with Gasteiger partial charge in [-0.15, -0.1) is 0 Å². The molecule has 0 bridgehead atoms. The zero-order chi connectivity index (χ0) is 5.70. The van der Waals surface area contributed by atoms with E-state index in [4.69, 9.17) is 0 Å². The predicted molar refractivity (Wildman–Crippen MR) is 23.2 cm³/mol. The van der Waals surface area contributed by atoms with Crippen molar-refractivity contribution in [3.05, 3.63) is 0 Å². The first-order valence-corrected chi connectivity index (χ1v) is 3.14. The van der Waals surface area contributed by atoms with Gasteiger partial charge >= 0.3 is 59.1 Å². The molecule has 0 aliphatic heterocycles.